The minimum absolute atomic E-state index is 0.396. The molecule has 1 aromatic heterocycles. The zero-order valence-electron chi connectivity index (χ0n) is 21.2. The molecule has 0 saturated heterocycles. The Labute approximate surface area is 204 Å². The highest BCUT2D eigenvalue weighted by Gasteiger charge is 2.32. The molecule has 1 heterocycles. The lowest BCUT2D eigenvalue weighted by molar-refractivity contribution is 0.376. The highest BCUT2D eigenvalue weighted by Crippen LogP contribution is 2.47. The van der Waals surface area contributed by atoms with Crippen molar-refractivity contribution in [1.82, 2.24) is 4.98 Å². The van der Waals surface area contributed by atoms with Gasteiger partial charge in [-0.1, -0.05) is 76.2 Å². The van der Waals surface area contributed by atoms with E-state index in [1.165, 1.54) is 74.7 Å². The van der Waals surface area contributed by atoms with Gasteiger partial charge in [0.2, 0.25) is 0 Å². The molecule has 0 spiro atoms. The van der Waals surface area contributed by atoms with Gasteiger partial charge in [0, 0.05) is 16.6 Å². The summed E-state index contributed by atoms with van der Waals surface area (Å²) >= 11 is 0. The van der Waals surface area contributed by atoms with Crippen LogP contribution in [0, 0.1) is 12.3 Å². The van der Waals surface area contributed by atoms with Gasteiger partial charge in [-0.25, -0.2) is 0 Å². The largest absolute Gasteiger partial charge is 0.252 e. The predicted octanol–water partition coefficient (Wildman–Crippen LogP) is 9.20. The second kappa shape index (κ2) is 7.80. The highest BCUT2D eigenvalue weighted by molar-refractivity contribution is 5.98. The second-order valence-corrected chi connectivity index (χ2v) is 11.8. The number of benzene rings is 3. The molecule has 0 radical (unpaired) electrons. The van der Waals surface area contributed by atoms with Crippen molar-refractivity contribution in [3.8, 4) is 22.4 Å². The molecule has 1 atom stereocenters. The topological polar surface area (TPSA) is 12.9 Å². The van der Waals surface area contributed by atoms with Crippen molar-refractivity contribution in [3.05, 3.63) is 88.6 Å². The standard InChI is InChI=1S/C33H35N/c1-20(2)31-18-25-16-22(24-12-13-33(4,5)19-24)10-11-27(25)32(34-31)30-15-21(3)14-28-26-9-7-6-8-23(26)17-29(28)30/h6-11,14-16,18,20,24H,12-13,17,19H2,1-5H3. The van der Waals surface area contributed by atoms with Gasteiger partial charge < -0.3 is 0 Å². The average molecular weight is 446 g/mol. The first-order chi connectivity index (χ1) is 16.3. The maximum Gasteiger partial charge on any atom is 0.0786 e. The Bertz CT molecular complexity index is 1420. The van der Waals surface area contributed by atoms with Crippen molar-refractivity contribution in [1.29, 1.82) is 0 Å². The summed E-state index contributed by atoms with van der Waals surface area (Å²) in [6, 6.07) is 23.2. The van der Waals surface area contributed by atoms with Crippen LogP contribution in [0.3, 0.4) is 0 Å². The van der Waals surface area contributed by atoms with Crippen LogP contribution >= 0.6 is 0 Å². The first kappa shape index (κ1) is 21.6. The molecule has 3 aromatic carbocycles. The molecular formula is C33H35N. The van der Waals surface area contributed by atoms with Crippen LogP contribution in [0.25, 0.3) is 33.2 Å². The first-order valence-electron chi connectivity index (χ1n) is 13.0. The van der Waals surface area contributed by atoms with E-state index >= 15 is 0 Å². The van der Waals surface area contributed by atoms with Crippen molar-refractivity contribution >= 4 is 10.8 Å². The molecule has 2 aliphatic carbocycles. The molecule has 34 heavy (non-hydrogen) atoms. The van der Waals surface area contributed by atoms with Crippen molar-refractivity contribution in [3.63, 3.8) is 0 Å². The predicted molar refractivity (Wildman–Crippen MR) is 145 cm³/mol. The normalized spacial score (nSPS) is 18.5. The molecule has 1 fully saturated rings. The Morgan fingerprint density at radius 2 is 1.71 bits per heavy atom. The number of fused-ring (bicyclic) bond motifs is 4. The van der Waals surface area contributed by atoms with E-state index < -0.39 is 0 Å². The molecule has 0 bridgehead atoms. The van der Waals surface area contributed by atoms with Crippen LogP contribution in [0.4, 0.5) is 0 Å². The van der Waals surface area contributed by atoms with Gasteiger partial charge in [0.25, 0.3) is 0 Å². The van der Waals surface area contributed by atoms with Gasteiger partial charge in [0.1, 0.15) is 0 Å². The van der Waals surface area contributed by atoms with E-state index in [2.05, 4.69) is 95.3 Å². The Hall–Kier alpha value is -2.93. The molecule has 2 aliphatic rings. The Kier molecular flexibility index (Phi) is 4.96. The fraction of sp³-hybridized carbons (Fsp3) is 0.364. The minimum Gasteiger partial charge on any atom is -0.252 e. The van der Waals surface area contributed by atoms with E-state index in [1.807, 2.05) is 0 Å². The van der Waals surface area contributed by atoms with Crippen LogP contribution < -0.4 is 0 Å². The van der Waals surface area contributed by atoms with Crippen LogP contribution in [-0.2, 0) is 6.42 Å². The zero-order valence-corrected chi connectivity index (χ0v) is 21.2. The van der Waals surface area contributed by atoms with Crippen LogP contribution in [0.1, 0.15) is 86.7 Å². The Balaban J connectivity index is 1.55. The third kappa shape index (κ3) is 3.57. The lowest BCUT2D eigenvalue weighted by Crippen LogP contribution is -2.04. The highest BCUT2D eigenvalue weighted by atomic mass is 14.7. The second-order valence-electron chi connectivity index (χ2n) is 11.8. The maximum atomic E-state index is 5.30. The molecule has 0 amide bonds. The van der Waals surface area contributed by atoms with E-state index in [4.69, 9.17) is 4.98 Å². The van der Waals surface area contributed by atoms with Crippen molar-refractivity contribution in [2.45, 2.75) is 72.1 Å². The smallest absolute Gasteiger partial charge is 0.0786 e. The molecule has 172 valence electrons. The number of rotatable bonds is 3. The van der Waals surface area contributed by atoms with Gasteiger partial charge in [0.05, 0.1) is 5.69 Å². The third-order valence-electron chi connectivity index (χ3n) is 8.23. The summed E-state index contributed by atoms with van der Waals surface area (Å²) in [6.45, 7) is 11.6. The van der Waals surface area contributed by atoms with Crippen molar-refractivity contribution in [2.24, 2.45) is 5.41 Å². The van der Waals surface area contributed by atoms with Gasteiger partial charge in [-0.3, -0.25) is 4.98 Å². The number of aryl methyl sites for hydroxylation is 1. The molecule has 0 N–H and O–H groups in total. The fourth-order valence-corrected chi connectivity index (χ4v) is 6.36. The SMILES string of the molecule is Cc1cc2c(c(-c3nc(C(C)C)cc4cc(C5CCC(C)(C)C5)ccc34)c1)Cc1ccccc1-2. The molecule has 0 aliphatic heterocycles. The van der Waals surface area contributed by atoms with Gasteiger partial charge in [-0.05, 0) is 101 Å². The van der Waals surface area contributed by atoms with E-state index in [9.17, 15) is 0 Å². The van der Waals surface area contributed by atoms with Crippen LogP contribution in [-0.4, -0.2) is 4.98 Å². The fourth-order valence-electron chi connectivity index (χ4n) is 6.36. The van der Waals surface area contributed by atoms with Crippen LogP contribution in [0.5, 0.6) is 0 Å². The van der Waals surface area contributed by atoms with Crippen LogP contribution in [0.15, 0.2) is 60.7 Å². The Morgan fingerprint density at radius 3 is 2.47 bits per heavy atom. The molecule has 1 heteroatoms. The zero-order chi connectivity index (χ0) is 23.6. The molecule has 4 aromatic rings. The van der Waals surface area contributed by atoms with E-state index in [0.717, 1.165) is 12.1 Å². The number of aromatic nitrogens is 1. The summed E-state index contributed by atoms with van der Waals surface area (Å²) in [5.74, 6) is 1.07. The number of hydrogen-bond acceptors (Lipinski definition) is 1. The van der Waals surface area contributed by atoms with Gasteiger partial charge >= 0.3 is 0 Å². The molecule has 1 nitrogen and oxygen atoms in total. The Morgan fingerprint density at radius 1 is 0.912 bits per heavy atom. The summed E-state index contributed by atoms with van der Waals surface area (Å²) in [7, 11) is 0. The van der Waals surface area contributed by atoms with E-state index in [0.29, 0.717) is 17.3 Å². The van der Waals surface area contributed by atoms with Gasteiger partial charge in [-0.15, -0.1) is 0 Å². The van der Waals surface area contributed by atoms with Crippen LogP contribution in [0.2, 0.25) is 0 Å². The molecular weight excluding hydrogens is 410 g/mol. The monoisotopic (exact) mass is 445 g/mol. The van der Waals surface area contributed by atoms with Gasteiger partial charge in [0.15, 0.2) is 0 Å². The summed E-state index contributed by atoms with van der Waals surface area (Å²) < 4.78 is 0. The van der Waals surface area contributed by atoms with Gasteiger partial charge in [-0.2, -0.15) is 0 Å². The first-order valence-corrected chi connectivity index (χ1v) is 13.0. The maximum absolute atomic E-state index is 5.30. The summed E-state index contributed by atoms with van der Waals surface area (Å²) in [5.41, 5.74) is 12.6. The van der Waals surface area contributed by atoms with Crippen molar-refractivity contribution < 1.29 is 0 Å². The van der Waals surface area contributed by atoms with E-state index in [1.54, 1.807) is 0 Å². The summed E-state index contributed by atoms with van der Waals surface area (Å²) in [4.78, 5) is 5.30. The quantitative estimate of drug-likeness (QED) is 0.270. The number of pyridine rings is 1. The minimum atomic E-state index is 0.396. The number of hydrogen-bond donors (Lipinski definition) is 0. The average Bonchev–Trinajstić information content (AvgIpc) is 3.37. The third-order valence-corrected chi connectivity index (χ3v) is 8.23. The number of nitrogens with zero attached hydrogens (tertiary/aromatic N) is 1. The summed E-state index contributed by atoms with van der Waals surface area (Å²) in [6.07, 6.45) is 4.91. The lowest BCUT2D eigenvalue weighted by atomic mass is 9.87. The van der Waals surface area contributed by atoms with Crippen molar-refractivity contribution in [2.75, 3.05) is 0 Å². The molecule has 1 saturated carbocycles. The summed E-state index contributed by atoms with van der Waals surface area (Å²) in [5, 5.41) is 2.64. The molecule has 6 rings (SSSR count). The molecule has 1 unspecified atom stereocenters. The van der Waals surface area contributed by atoms with E-state index in [-0.39, 0.29) is 0 Å². The lowest BCUT2D eigenvalue weighted by Gasteiger charge is -2.19.